The molecule has 130 valence electrons. The molecule has 0 saturated heterocycles. The number of hydrogen-bond acceptors (Lipinski definition) is 4. The average molecular weight is 340 g/mol. The summed E-state index contributed by atoms with van der Waals surface area (Å²) in [5, 5.41) is 8.40. The van der Waals surface area contributed by atoms with Crippen molar-refractivity contribution in [2.24, 2.45) is 11.3 Å². The molecule has 1 unspecified atom stereocenters. The van der Waals surface area contributed by atoms with Crippen LogP contribution in [0.25, 0.3) is 0 Å². The number of sulfonamides is 1. The molecule has 2 aliphatic carbocycles. The Labute approximate surface area is 139 Å². The molecule has 0 bridgehead atoms. The number of aromatic nitrogens is 3. The highest BCUT2D eigenvalue weighted by Crippen LogP contribution is 2.55. The van der Waals surface area contributed by atoms with Gasteiger partial charge in [-0.15, -0.1) is 5.10 Å². The van der Waals surface area contributed by atoms with E-state index in [1.54, 1.807) is 14.1 Å². The summed E-state index contributed by atoms with van der Waals surface area (Å²) in [6, 6.07) is 0. The summed E-state index contributed by atoms with van der Waals surface area (Å²) in [4.78, 5) is 0. The Morgan fingerprint density at radius 3 is 2.65 bits per heavy atom. The molecule has 1 heterocycles. The van der Waals surface area contributed by atoms with Crippen LogP contribution in [0.5, 0.6) is 0 Å². The first-order chi connectivity index (χ1) is 10.9. The Morgan fingerprint density at radius 1 is 1.26 bits per heavy atom. The van der Waals surface area contributed by atoms with Crippen LogP contribution in [0.15, 0.2) is 6.20 Å². The molecular weight excluding hydrogens is 312 g/mol. The summed E-state index contributed by atoms with van der Waals surface area (Å²) in [6.07, 6.45) is 11.9. The smallest absolute Gasteiger partial charge is 0.213 e. The van der Waals surface area contributed by atoms with Crippen LogP contribution in [0, 0.1) is 11.3 Å². The lowest BCUT2D eigenvalue weighted by atomic mass is 9.55. The first-order valence-electron chi connectivity index (χ1n) is 8.71. The molecule has 3 rings (SSSR count). The summed E-state index contributed by atoms with van der Waals surface area (Å²) >= 11 is 0. The van der Waals surface area contributed by atoms with Crippen LogP contribution < -0.4 is 0 Å². The van der Waals surface area contributed by atoms with Crippen molar-refractivity contribution in [1.29, 1.82) is 0 Å². The second-order valence-corrected chi connectivity index (χ2v) is 9.74. The summed E-state index contributed by atoms with van der Waals surface area (Å²) in [5.41, 5.74) is 1.34. The maximum Gasteiger partial charge on any atom is 0.213 e. The SMILES string of the molecule is CN(C)S(=O)(=O)CCc1cn(CC2CCCCC23CCC3)nn1. The van der Waals surface area contributed by atoms with Crippen LogP contribution in [-0.4, -0.2) is 47.6 Å². The molecule has 2 fully saturated rings. The van der Waals surface area contributed by atoms with E-state index >= 15 is 0 Å². The summed E-state index contributed by atoms with van der Waals surface area (Å²) in [6.45, 7) is 0.938. The van der Waals surface area contributed by atoms with Crippen molar-refractivity contribution in [3.63, 3.8) is 0 Å². The third-order valence-corrected chi connectivity index (χ3v) is 7.69. The molecule has 6 nitrogen and oxygen atoms in total. The van der Waals surface area contributed by atoms with Gasteiger partial charge in [-0.25, -0.2) is 12.7 Å². The summed E-state index contributed by atoms with van der Waals surface area (Å²) in [7, 11) is -0.0458. The molecule has 2 aliphatic rings. The zero-order valence-corrected chi connectivity index (χ0v) is 15.1. The Bertz CT molecular complexity index is 634. The van der Waals surface area contributed by atoms with Crippen LogP contribution in [-0.2, 0) is 23.0 Å². The Hall–Kier alpha value is -0.950. The Balaban J connectivity index is 1.59. The monoisotopic (exact) mass is 340 g/mol. The highest BCUT2D eigenvalue weighted by Gasteiger charge is 2.45. The van der Waals surface area contributed by atoms with Gasteiger partial charge in [-0.1, -0.05) is 24.5 Å². The zero-order valence-electron chi connectivity index (χ0n) is 14.2. The van der Waals surface area contributed by atoms with E-state index in [0.717, 1.165) is 12.2 Å². The molecule has 1 aromatic heterocycles. The lowest BCUT2D eigenvalue weighted by molar-refractivity contribution is -0.00404. The van der Waals surface area contributed by atoms with Crippen molar-refractivity contribution >= 4 is 10.0 Å². The normalized spacial score (nSPS) is 24.0. The number of nitrogens with zero attached hydrogens (tertiary/aromatic N) is 4. The van der Waals surface area contributed by atoms with Crippen LogP contribution in [0.4, 0.5) is 0 Å². The topological polar surface area (TPSA) is 68.1 Å². The minimum atomic E-state index is -3.17. The van der Waals surface area contributed by atoms with Gasteiger partial charge in [0.05, 0.1) is 11.4 Å². The molecule has 23 heavy (non-hydrogen) atoms. The van der Waals surface area contributed by atoms with Gasteiger partial charge in [0.25, 0.3) is 0 Å². The molecule has 7 heteroatoms. The van der Waals surface area contributed by atoms with E-state index in [9.17, 15) is 8.42 Å². The Kier molecular flexibility index (Phi) is 4.78. The van der Waals surface area contributed by atoms with Gasteiger partial charge >= 0.3 is 0 Å². The molecule has 0 N–H and O–H groups in total. The first-order valence-corrected chi connectivity index (χ1v) is 10.3. The van der Waals surface area contributed by atoms with Gasteiger partial charge in [0, 0.05) is 33.3 Å². The predicted octanol–water partition coefficient (Wildman–Crippen LogP) is 2.07. The van der Waals surface area contributed by atoms with E-state index in [-0.39, 0.29) is 5.75 Å². The predicted molar refractivity (Wildman–Crippen MR) is 89.4 cm³/mol. The van der Waals surface area contributed by atoms with Gasteiger partial charge < -0.3 is 0 Å². The van der Waals surface area contributed by atoms with Gasteiger partial charge in [0.2, 0.25) is 10.0 Å². The third-order valence-electron chi connectivity index (χ3n) is 5.86. The third kappa shape index (κ3) is 3.60. The highest BCUT2D eigenvalue weighted by atomic mass is 32.2. The lowest BCUT2D eigenvalue weighted by Crippen LogP contribution is -2.41. The van der Waals surface area contributed by atoms with E-state index in [1.807, 2.05) is 10.9 Å². The minimum Gasteiger partial charge on any atom is -0.252 e. The molecule has 1 atom stereocenters. The molecule has 0 aliphatic heterocycles. The lowest BCUT2D eigenvalue weighted by Gasteiger charge is -2.51. The van der Waals surface area contributed by atoms with Crippen molar-refractivity contribution in [2.75, 3.05) is 19.8 Å². The van der Waals surface area contributed by atoms with E-state index < -0.39 is 10.0 Å². The van der Waals surface area contributed by atoms with E-state index in [1.165, 1.54) is 49.3 Å². The van der Waals surface area contributed by atoms with Crippen molar-refractivity contribution in [1.82, 2.24) is 19.3 Å². The molecule has 2 saturated carbocycles. The Morgan fingerprint density at radius 2 is 2.00 bits per heavy atom. The van der Waals surface area contributed by atoms with Crippen LogP contribution >= 0.6 is 0 Å². The fraction of sp³-hybridized carbons (Fsp3) is 0.875. The maximum atomic E-state index is 11.8. The number of hydrogen-bond donors (Lipinski definition) is 0. The fourth-order valence-electron chi connectivity index (χ4n) is 4.14. The van der Waals surface area contributed by atoms with Crippen molar-refractivity contribution in [2.45, 2.75) is 57.9 Å². The van der Waals surface area contributed by atoms with Gasteiger partial charge in [-0.05, 0) is 37.0 Å². The molecule has 0 aromatic carbocycles. The van der Waals surface area contributed by atoms with Crippen LogP contribution in [0.2, 0.25) is 0 Å². The van der Waals surface area contributed by atoms with Gasteiger partial charge in [0.1, 0.15) is 0 Å². The molecule has 0 radical (unpaired) electrons. The highest BCUT2D eigenvalue weighted by molar-refractivity contribution is 7.89. The van der Waals surface area contributed by atoms with Crippen LogP contribution in [0.3, 0.4) is 0 Å². The van der Waals surface area contributed by atoms with E-state index in [2.05, 4.69) is 10.3 Å². The van der Waals surface area contributed by atoms with Gasteiger partial charge in [0.15, 0.2) is 0 Å². The van der Waals surface area contributed by atoms with Gasteiger partial charge in [-0.3, -0.25) is 4.68 Å². The number of aryl methyl sites for hydroxylation is 1. The van der Waals surface area contributed by atoms with Crippen molar-refractivity contribution < 1.29 is 8.42 Å². The van der Waals surface area contributed by atoms with Crippen molar-refractivity contribution in [3.8, 4) is 0 Å². The average Bonchev–Trinajstić information content (AvgIpc) is 2.92. The van der Waals surface area contributed by atoms with E-state index in [0.29, 0.717) is 17.8 Å². The summed E-state index contributed by atoms with van der Waals surface area (Å²) in [5.74, 6) is 0.802. The first kappa shape index (κ1) is 16.9. The largest absolute Gasteiger partial charge is 0.252 e. The van der Waals surface area contributed by atoms with Crippen LogP contribution in [0.1, 0.15) is 50.6 Å². The summed E-state index contributed by atoms with van der Waals surface area (Å²) < 4.78 is 26.9. The quantitative estimate of drug-likeness (QED) is 0.795. The molecule has 0 amide bonds. The second kappa shape index (κ2) is 6.51. The number of rotatable bonds is 6. The minimum absolute atomic E-state index is 0.0893. The fourth-order valence-corrected chi connectivity index (χ4v) is 4.97. The standard InChI is InChI=1S/C16H28N4O2S/c1-19(2)23(21,22)11-7-15-13-20(18-17-15)12-14-6-3-4-8-16(14)9-5-10-16/h13-14H,3-12H2,1-2H3. The van der Waals surface area contributed by atoms with E-state index in [4.69, 9.17) is 0 Å². The molecular formula is C16H28N4O2S. The molecule has 1 spiro atoms. The second-order valence-electron chi connectivity index (χ2n) is 7.44. The zero-order chi connectivity index (χ0) is 16.5. The molecule has 1 aromatic rings. The van der Waals surface area contributed by atoms with Gasteiger partial charge in [-0.2, -0.15) is 0 Å². The van der Waals surface area contributed by atoms with Crippen molar-refractivity contribution in [3.05, 3.63) is 11.9 Å². The maximum absolute atomic E-state index is 11.8.